The molecular formula is C25H24N2O3S2. The molecule has 0 bridgehead atoms. The van der Waals surface area contributed by atoms with Crippen molar-refractivity contribution in [1.82, 2.24) is 4.57 Å². The Morgan fingerprint density at radius 2 is 1.66 bits per heavy atom. The lowest BCUT2D eigenvalue weighted by atomic mass is 10.0. The predicted molar refractivity (Wildman–Crippen MR) is 129 cm³/mol. The number of carbonyl (C=O) groups is 1. The minimum absolute atomic E-state index is 0.266. The molecule has 0 unspecified atom stereocenters. The van der Waals surface area contributed by atoms with Crippen molar-refractivity contribution in [3.63, 3.8) is 0 Å². The number of hydrogen-bond acceptors (Lipinski definition) is 4. The first kappa shape index (κ1) is 22.2. The van der Waals surface area contributed by atoms with Crippen LogP contribution in [-0.4, -0.2) is 25.1 Å². The van der Waals surface area contributed by atoms with E-state index in [1.54, 1.807) is 18.2 Å². The van der Waals surface area contributed by atoms with E-state index < -0.39 is 9.84 Å². The molecule has 0 aliphatic carbocycles. The molecule has 7 heteroatoms. The largest absolute Gasteiger partial charge is 0.316 e. The standard InChI is InChI=1S/C25H24N2O3S2/c1-3-15-27-22-14-13-21(32(2,29)30)17-23(22)31-25(27)26-24(28)20-11-9-19(10-12-20)16-18-7-5-4-6-8-18/h4-14,17H,3,15-16H2,1-2H3. The van der Waals surface area contributed by atoms with Crippen molar-refractivity contribution >= 4 is 37.3 Å². The fourth-order valence-electron chi connectivity index (χ4n) is 3.56. The fraction of sp³-hybridized carbons (Fsp3) is 0.200. The van der Waals surface area contributed by atoms with Gasteiger partial charge in [-0.3, -0.25) is 4.79 Å². The number of carbonyl (C=O) groups excluding carboxylic acids is 1. The van der Waals surface area contributed by atoms with Crippen LogP contribution in [0.15, 0.2) is 82.7 Å². The Hall–Kier alpha value is -3.03. The second-order valence-corrected chi connectivity index (χ2v) is 10.7. The summed E-state index contributed by atoms with van der Waals surface area (Å²) < 4.78 is 26.6. The van der Waals surface area contributed by atoms with Gasteiger partial charge in [0, 0.05) is 18.4 Å². The molecule has 0 atom stereocenters. The fourth-order valence-corrected chi connectivity index (χ4v) is 5.37. The highest BCUT2D eigenvalue weighted by Gasteiger charge is 2.13. The van der Waals surface area contributed by atoms with Crippen LogP contribution in [0.4, 0.5) is 0 Å². The van der Waals surface area contributed by atoms with Crippen LogP contribution in [0.1, 0.15) is 34.8 Å². The molecule has 0 saturated heterocycles. The monoisotopic (exact) mass is 464 g/mol. The van der Waals surface area contributed by atoms with E-state index >= 15 is 0 Å². The quantitative estimate of drug-likeness (QED) is 0.410. The van der Waals surface area contributed by atoms with Gasteiger partial charge in [-0.15, -0.1) is 0 Å². The maximum absolute atomic E-state index is 12.9. The van der Waals surface area contributed by atoms with Gasteiger partial charge in [-0.25, -0.2) is 8.42 Å². The van der Waals surface area contributed by atoms with Gasteiger partial charge in [0.25, 0.3) is 5.91 Å². The topological polar surface area (TPSA) is 68.5 Å². The molecule has 0 saturated carbocycles. The Balaban J connectivity index is 1.66. The minimum atomic E-state index is -3.30. The van der Waals surface area contributed by atoms with E-state index in [2.05, 4.69) is 24.0 Å². The lowest BCUT2D eigenvalue weighted by molar-refractivity contribution is 0.0998. The third kappa shape index (κ3) is 4.89. The Bertz CT molecular complexity index is 1430. The van der Waals surface area contributed by atoms with Crippen molar-refractivity contribution in [2.75, 3.05) is 6.26 Å². The molecule has 1 amide bonds. The van der Waals surface area contributed by atoms with Gasteiger partial charge in [0.2, 0.25) is 0 Å². The van der Waals surface area contributed by atoms with Crippen molar-refractivity contribution in [1.29, 1.82) is 0 Å². The van der Waals surface area contributed by atoms with Crippen LogP contribution in [-0.2, 0) is 22.8 Å². The zero-order chi connectivity index (χ0) is 22.7. The van der Waals surface area contributed by atoms with E-state index in [0.717, 1.165) is 28.6 Å². The summed E-state index contributed by atoms with van der Waals surface area (Å²) in [6.07, 6.45) is 2.87. The predicted octanol–water partition coefficient (Wildman–Crippen LogP) is 4.85. The summed E-state index contributed by atoms with van der Waals surface area (Å²) in [6.45, 7) is 2.75. The van der Waals surface area contributed by atoms with E-state index in [4.69, 9.17) is 0 Å². The maximum atomic E-state index is 12.9. The lowest BCUT2D eigenvalue weighted by Gasteiger charge is -2.04. The molecule has 4 aromatic rings. The van der Waals surface area contributed by atoms with Crippen molar-refractivity contribution in [2.24, 2.45) is 4.99 Å². The molecule has 4 rings (SSSR count). The Labute approximate surface area is 191 Å². The molecular weight excluding hydrogens is 440 g/mol. The second-order valence-electron chi connectivity index (χ2n) is 7.71. The number of thiazole rings is 1. The lowest BCUT2D eigenvalue weighted by Crippen LogP contribution is -2.16. The molecule has 0 aliphatic rings. The number of aryl methyl sites for hydroxylation is 1. The molecule has 32 heavy (non-hydrogen) atoms. The normalized spacial score (nSPS) is 12.4. The van der Waals surface area contributed by atoms with E-state index in [9.17, 15) is 13.2 Å². The Morgan fingerprint density at radius 1 is 0.969 bits per heavy atom. The van der Waals surface area contributed by atoms with Gasteiger partial charge in [0.05, 0.1) is 15.1 Å². The second kappa shape index (κ2) is 9.22. The third-order valence-electron chi connectivity index (χ3n) is 5.18. The molecule has 0 radical (unpaired) electrons. The van der Waals surface area contributed by atoms with Crippen LogP contribution in [0.25, 0.3) is 10.2 Å². The van der Waals surface area contributed by atoms with Gasteiger partial charge in [-0.2, -0.15) is 4.99 Å². The van der Waals surface area contributed by atoms with Crippen molar-refractivity contribution in [3.8, 4) is 0 Å². The highest BCUT2D eigenvalue weighted by Crippen LogP contribution is 2.22. The summed E-state index contributed by atoms with van der Waals surface area (Å²) in [4.78, 5) is 18.1. The minimum Gasteiger partial charge on any atom is -0.316 e. The van der Waals surface area contributed by atoms with Crippen LogP contribution >= 0.6 is 11.3 Å². The number of sulfone groups is 1. The van der Waals surface area contributed by atoms with E-state index in [0.29, 0.717) is 16.9 Å². The molecule has 164 valence electrons. The van der Waals surface area contributed by atoms with Gasteiger partial charge in [-0.05, 0) is 54.3 Å². The summed E-state index contributed by atoms with van der Waals surface area (Å²) >= 11 is 1.33. The molecule has 0 fully saturated rings. The highest BCUT2D eigenvalue weighted by molar-refractivity contribution is 7.90. The summed E-state index contributed by atoms with van der Waals surface area (Å²) in [7, 11) is -3.30. The number of aromatic nitrogens is 1. The first-order valence-corrected chi connectivity index (χ1v) is 13.1. The smallest absolute Gasteiger partial charge is 0.279 e. The Morgan fingerprint density at radius 3 is 2.31 bits per heavy atom. The number of fused-ring (bicyclic) bond motifs is 1. The summed E-state index contributed by atoms with van der Waals surface area (Å²) in [5, 5.41) is 0. The molecule has 0 N–H and O–H groups in total. The van der Waals surface area contributed by atoms with Gasteiger partial charge in [0.15, 0.2) is 14.6 Å². The van der Waals surface area contributed by atoms with Crippen LogP contribution < -0.4 is 4.80 Å². The molecule has 0 aliphatic heterocycles. The van der Waals surface area contributed by atoms with Gasteiger partial charge in [-0.1, -0.05) is 60.7 Å². The van der Waals surface area contributed by atoms with Gasteiger partial charge >= 0.3 is 0 Å². The highest BCUT2D eigenvalue weighted by atomic mass is 32.2. The maximum Gasteiger partial charge on any atom is 0.279 e. The van der Waals surface area contributed by atoms with Crippen molar-refractivity contribution < 1.29 is 13.2 Å². The van der Waals surface area contributed by atoms with E-state index in [1.807, 2.05) is 47.0 Å². The number of benzene rings is 3. The summed E-state index contributed by atoms with van der Waals surface area (Å²) in [5.74, 6) is -0.309. The molecule has 5 nitrogen and oxygen atoms in total. The zero-order valence-electron chi connectivity index (χ0n) is 18.0. The molecule has 0 spiro atoms. The number of rotatable bonds is 6. The molecule has 1 aromatic heterocycles. The number of amides is 1. The van der Waals surface area contributed by atoms with E-state index in [-0.39, 0.29) is 10.8 Å². The number of nitrogens with zero attached hydrogens (tertiary/aromatic N) is 2. The third-order valence-corrected chi connectivity index (χ3v) is 7.33. The van der Waals surface area contributed by atoms with Crippen LogP contribution in [0, 0.1) is 0 Å². The van der Waals surface area contributed by atoms with Crippen LogP contribution in [0.3, 0.4) is 0 Å². The average molecular weight is 465 g/mol. The van der Waals surface area contributed by atoms with Gasteiger partial charge in [0.1, 0.15) is 0 Å². The van der Waals surface area contributed by atoms with Gasteiger partial charge < -0.3 is 4.57 Å². The number of hydrogen-bond donors (Lipinski definition) is 0. The van der Waals surface area contributed by atoms with Crippen LogP contribution in [0.2, 0.25) is 0 Å². The summed E-state index contributed by atoms with van der Waals surface area (Å²) in [5.41, 5.74) is 3.76. The average Bonchev–Trinajstić information content (AvgIpc) is 3.11. The summed E-state index contributed by atoms with van der Waals surface area (Å²) in [6, 6.07) is 22.8. The van der Waals surface area contributed by atoms with E-state index in [1.165, 1.54) is 23.2 Å². The molecule has 1 heterocycles. The molecule has 3 aromatic carbocycles. The van der Waals surface area contributed by atoms with Crippen molar-refractivity contribution in [3.05, 3.63) is 94.3 Å². The Kier molecular flexibility index (Phi) is 6.39. The zero-order valence-corrected chi connectivity index (χ0v) is 19.6. The van der Waals surface area contributed by atoms with Crippen molar-refractivity contribution in [2.45, 2.75) is 31.2 Å². The SMILES string of the molecule is CCCn1c(=NC(=O)c2ccc(Cc3ccccc3)cc2)sc2cc(S(C)(=O)=O)ccc21. The first-order chi connectivity index (χ1) is 15.3. The first-order valence-electron chi connectivity index (χ1n) is 10.4. The van der Waals surface area contributed by atoms with Crippen LogP contribution in [0.5, 0.6) is 0 Å².